The summed E-state index contributed by atoms with van der Waals surface area (Å²) in [5.41, 5.74) is 2.03. The zero-order valence-corrected chi connectivity index (χ0v) is 19.8. The molecular weight excluding hydrogens is 466 g/mol. The summed E-state index contributed by atoms with van der Waals surface area (Å²) in [4.78, 5) is 38.9. The molecule has 1 saturated heterocycles. The number of piperazine rings is 1. The van der Waals surface area contributed by atoms with E-state index in [9.17, 15) is 9.59 Å². The lowest BCUT2D eigenvalue weighted by molar-refractivity contribution is -0.133. The average Bonchev–Trinajstić information content (AvgIpc) is 2.90. The van der Waals surface area contributed by atoms with Crippen LogP contribution in [0.4, 0.5) is 5.82 Å². The molecule has 0 bridgehead atoms. The minimum absolute atomic E-state index is 0.0502. The van der Waals surface area contributed by atoms with Crippen LogP contribution in [0.5, 0.6) is 5.75 Å². The van der Waals surface area contributed by atoms with Crippen molar-refractivity contribution in [1.29, 1.82) is 0 Å². The topological polar surface area (TPSA) is 80.6 Å². The number of fused-ring (bicyclic) bond motifs is 1. The van der Waals surface area contributed by atoms with Crippen LogP contribution in [-0.4, -0.2) is 58.1 Å². The van der Waals surface area contributed by atoms with Crippen LogP contribution in [0.25, 0.3) is 11.2 Å². The van der Waals surface area contributed by atoms with Crippen molar-refractivity contribution < 1.29 is 9.53 Å². The molecule has 1 amide bonds. The van der Waals surface area contributed by atoms with E-state index >= 15 is 0 Å². The van der Waals surface area contributed by atoms with E-state index < -0.39 is 0 Å². The van der Waals surface area contributed by atoms with E-state index in [-0.39, 0.29) is 18.1 Å². The lowest BCUT2D eigenvalue weighted by atomic mass is 10.2. The SMILES string of the molecule is O=C(COc1ccc(Cl)cc1)N1CCN(c2nc3cccnc3n(Cc3ccccc3)c2=O)CC1. The molecule has 8 nitrogen and oxygen atoms in total. The zero-order valence-electron chi connectivity index (χ0n) is 19.0. The predicted octanol–water partition coefficient (Wildman–Crippen LogP) is 3.22. The molecule has 35 heavy (non-hydrogen) atoms. The Morgan fingerprint density at radius 2 is 1.69 bits per heavy atom. The number of hydrogen-bond acceptors (Lipinski definition) is 6. The highest BCUT2D eigenvalue weighted by molar-refractivity contribution is 6.30. The van der Waals surface area contributed by atoms with Gasteiger partial charge < -0.3 is 14.5 Å². The van der Waals surface area contributed by atoms with Crippen LogP contribution in [0.1, 0.15) is 5.56 Å². The first-order chi connectivity index (χ1) is 17.1. The molecule has 0 aliphatic carbocycles. The predicted molar refractivity (Wildman–Crippen MR) is 135 cm³/mol. The smallest absolute Gasteiger partial charge is 0.295 e. The first kappa shape index (κ1) is 22.9. The van der Waals surface area contributed by atoms with Crippen molar-refractivity contribution in [2.75, 3.05) is 37.7 Å². The Morgan fingerprint density at radius 3 is 2.43 bits per heavy atom. The molecule has 1 fully saturated rings. The van der Waals surface area contributed by atoms with E-state index in [0.717, 1.165) is 5.56 Å². The van der Waals surface area contributed by atoms with Crippen molar-refractivity contribution in [3.63, 3.8) is 0 Å². The van der Waals surface area contributed by atoms with Crippen molar-refractivity contribution in [1.82, 2.24) is 19.4 Å². The summed E-state index contributed by atoms with van der Waals surface area (Å²) < 4.78 is 7.26. The third-order valence-electron chi connectivity index (χ3n) is 5.98. The largest absolute Gasteiger partial charge is 0.484 e. The summed E-state index contributed by atoms with van der Waals surface area (Å²) in [5.74, 6) is 0.872. The third kappa shape index (κ3) is 5.12. The van der Waals surface area contributed by atoms with Crippen molar-refractivity contribution in [3.8, 4) is 5.75 Å². The molecule has 9 heteroatoms. The monoisotopic (exact) mass is 489 g/mol. The number of ether oxygens (including phenoxy) is 1. The first-order valence-corrected chi connectivity index (χ1v) is 11.8. The maximum absolute atomic E-state index is 13.5. The summed E-state index contributed by atoms with van der Waals surface area (Å²) in [7, 11) is 0. The fourth-order valence-electron chi connectivity index (χ4n) is 4.12. The van der Waals surface area contributed by atoms with Gasteiger partial charge in [0.25, 0.3) is 11.5 Å². The van der Waals surface area contributed by atoms with Gasteiger partial charge >= 0.3 is 0 Å². The number of carbonyl (C=O) groups is 1. The molecule has 5 rings (SSSR count). The van der Waals surface area contributed by atoms with E-state index in [0.29, 0.717) is 60.5 Å². The molecule has 3 heterocycles. The highest BCUT2D eigenvalue weighted by atomic mass is 35.5. The molecule has 0 unspecified atom stereocenters. The Morgan fingerprint density at radius 1 is 0.943 bits per heavy atom. The van der Waals surface area contributed by atoms with Gasteiger partial charge in [0.05, 0.1) is 6.54 Å². The molecule has 4 aromatic rings. The second-order valence-corrected chi connectivity index (χ2v) is 8.71. The Hall–Kier alpha value is -3.91. The summed E-state index contributed by atoms with van der Waals surface area (Å²) in [6.07, 6.45) is 1.67. The molecule has 1 aliphatic heterocycles. The van der Waals surface area contributed by atoms with Gasteiger partial charge in [-0.3, -0.25) is 14.2 Å². The maximum Gasteiger partial charge on any atom is 0.295 e. The quantitative estimate of drug-likeness (QED) is 0.414. The number of rotatable bonds is 6. The Labute approximate surface area is 207 Å². The molecule has 0 N–H and O–H groups in total. The molecule has 0 atom stereocenters. The minimum Gasteiger partial charge on any atom is -0.484 e. The van der Waals surface area contributed by atoms with Crippen LogP contribution >= 0.6 is 11.6 Å². The van der Waals surface area contributed by atoms with Gasteiger partial charge in [-0.2, -0.15) is 0 Å². The highest BCUT2D eigenvalue weighted by Crippen LogP contribution is 2.17. The number of anilines is 1. The standard InChI is InChI=1S/C26H24ClN5O3/c27-20-8-10-21(11-9-20)35-18-23(33)30-13-15-31(16-14-30)25-26(34)32(17-19-5-2-1-3-6-19)24-22(29-25)7-4-12-28-24/h1-12H,13-18H2. The highest BCUT2D eigenvalue weighted by Gasteiger charge is 2.25. The third-order valence-corrected chi connectivity index (χ3v) is 6.23. The van der Waals surface area contributed by atoms with Gasteiger partial charge in [0.2, 0.25) is 0 Å². The number of hydrogen-bond donors (Lipinski definition) is 0. The number of pyridine rings is 1. The lowest BCUT2D eigenvalue weighted by Crippen LogP contribution is -2.51. The summed E-state index contributed by atoms with van der Waals surface area (Å²) in [5, 5.41) is 0.612. The molecule has 1 aliphatic rings. The Kier molecular flexibility index (Phi) is 6.63. The van der Waals surface area contributed by atoms with E-state index in [2.05, 4.69) is 9.97 Å². The molecular formula is C26H24ClN5O3. The molecule has 0 saturated carbocycles. The summed E-state index contributed by atoms with van der Waals surface area (Å²) in [6, 6.07) is 20.4. The van der Waals surface area contributed by atoms with Gasteiger partial charge in [-0.1, -0.05) is 41.9 Å². The van der Waals surface area contributed by atoms with Crippen LogP contribution in [0.15, 0.2) is 77.7 Å². The van der Waals surface area contributed by atoms with Crippen LogP contribution in [-0.2, 0) is 11.3 Å². The Bertz CT molecular complexity index is 1380. The van der Waals surface area contributed by atoms with Crippen molar-refractivity contribution in [2.24, 2.45) is 0 Å². The van der Waals surface area contributed by atoms with Crippen molar-refractivity contribution in [2.45, 2.75) is 6.54 Å². The zero-order chi connectivity index (χ0) is 24.2. The van der Waals surface area contributed by atoms with E-state index in [1.165, 1.54) is 0 Å². The maximum atomic E-state index is 13.5. The van der Waals surface area contributed by atoms with E-state index in [1.807, 2.05) is 47.4 Å². The minimum atomic E-state index is -0.189. The Balaban J connectivity index is 1.30. The van der Waals surface area contributed by atoms with Gasteiger partial charge in [0.1, 0.15) is 11.3 Å². The van der Waals surface area contributed by atoms with Gasteiger partial charge in [-0.25, -0.2) is 9.97 Å². The molecule has 0 spiro atoms. The normalized spacial score (nSPS) is 13.7. The van der Waals surface area contributed by atoms with Crippen LogP contribution in [0.2, 0.25) is 5.02 Å². The van der Waals surface area contributed by atoms with Gasteiger partial charge in [0, 0.05) is 37.4 Å². The van der Waals surface area contributed by atoms with Crippen LogP contribution < -0.4 is 15.2 Å². The van der Waals surface area contributed by atoms with Crippen molar-refractivity contribution in [3.05, 3.63) is 93.9 Å². The van der Waals surface area contributed by atoms with Crippen LogP contribution in [0, 0.1) is 0 Å². The summed E-state index contributed by atoms with van der Waals surface area (Å²) in [6.45, 7) is 2.33. The van der Waals surface area contributed by atoms with E-state index in [4.69, 9.17) is 16.3 Å². The summed E-state index contributed by atoms with van der Waals surface area (Å²) >= 11 is 5.89. The molecule has 178 valence electrons. The fraction of sp³-hybridized carbons (Fsp3) is 0.231. The number of aromatic nitrogens is 3. The van der Waals surface area contributed by atoms with E-state index in [1.54, 1.807) is 39.9 Å². The fourth-order valence-corrected chi connectivity index (χ4v) is 4.24. The lowest BCUT2D eigenvalue weighted by Gasteiger charge is -2.35. The number of benzene rings is 2. The number of halogens is 1. The number of amides is 1. The second kappa shape index (κ2) is 10.1. The van der Waals surface area contributed by atoms with Gasteiger partial charge in [0.15, 0.2) is 18.1 Å². The molecule has 2 aromatic carbocycles. The average molecular weight is 490 g/mol. The van der Waals surface area contributed by atoms with Gasteiger partial charge in [-0.05, 0) is 42.0 Å². The molecule has 0 radical (unpaired) electrons. The van der Waals surface area contributed by atoms with Crippen LogP contribution in [0.3, 0.4) is 0 Å². The number of nitrogens with zero attached hydrogens (tertiary/aromatic N) is 5. The number of carbonyl (C=O) groups excluding carboxylic acids is 1. The second-order valence-electron chi connectivity index (χ2n) is 8.27. The van der Waals surface area contributed by atoms with Crippen molar-refractivity contribution >= 4 is 34.5 Å². The molecule has 2 aromatic heterocycles. The van der Waals surface area contributed by atoms with Gasteiger partial charge in [-0.15, -0.1) is 0 Å². The first-order valence-electron chi connectivity index (χ1n) is 11.4.